The van der Waals surface area contributed by atoms with Crippen LogP contribution in [0.15, 0.2) is 109 Å². The zero-order valence-corrected chi connectivity index (χ0v) is 41.3. The highest BCUT2D eigenvalue weighted by Crippen LogP contribution is 2.13. The second-order valence-corrected chi connectivity index (χ2v) is 16.7. The summed E-state index contributed by atoms with van der Waals surface area (Å²) in [6, 6.07) is 0. The van der Waals surface area contributed by atoms with E-state index >= 15 is 0 Å². The first-order valence-electron chi connectivity index (χ1n) is 25.9. The molecule has 0 heterocycles. The van der Waals surface area contributed by atoms with Crippen molar-refractivity contribution in [2.45, 2.75) is 226 Å². The van der Waals surface area contributed by atoms with Gasteiger partial charge in [-0.25, -0.2) is 0 Å². The van der Waals surface area contributed by atoms with Crippen LogP contribution >= 0.6 is 0 Å². The second-order valence-electron chi connectivity index (χ2n) is 16.7. The SMILES string of the molecule is CC/C=C\C/C=C\C/C=C\C/C=C\C/C=C\CCCCCC(=O)OCC(COC(=O)CCCCCCC/C=C\C/C=C\CCC)OC(=O)CCCCCCC/C=C\C/C=C\CCCC. The van der Waals surface area contributed by atoms with Gasteiger partial charge in [0, 0.05) is 19.3 Å². The summed E-state index contributed by atoms with van der Waals surface area (Å²) in [4.78, 5) is 38.0. The smallest absolute Gasteiger partial charge is 0.306 e. The molecule has 0 aliphatic carbocycles. The van der Waals surface area contributed by atoms with Crippen LogP contribution < -0.4 is 0 Å². The highest BCUT2D eigenvalue weighted by atomic mass is 16.6. The molecule has 0 aliphatic rings. The van der Waals surface area contributed by atoms with Crippen LogP contribution in [0.1, 0.15) is 220 Å². The lowest BCUT2D eigenvalue weighted by molar-refractivity contribution is -0.167. The molecule has 0 N–H and O–H groups in total. The van der Waals surface area contributed by atoms with Gasteiger partial charge >= 0.3 is 17.9 Å². The Bertz CT molecular complexity index is 1340. The van der Waals surface area contributed by atoms with E-state index in [2.05, 4.69) is 130 Å². The zero-order chi connectivity index (χ0) is 46.5. The third kappa shape index (κ3) is 49.1. The molecule has 0 bridgehead atoms. The van der Waals surface area contributed by atoms with E-state index in [1.165, 1.54) is 25.7 Å². The first kappa shape index (κ1) is 60.1. The molecular weight excluding hydrogens is 793 g/mol. The molecular formula is C58H94O6. The third-order valence-corrected chi connectivity index (χ3v) is 10.5. The lowest BCUT2D eigenvalue weighted by Crippen LogP contribution is -2.30. The molecule has 0 saturated carbocycles. The maximum Gasteiger partial charge on any atom is 0.306 e. The van der Waals surface area contributed by atoms with Crippen LogP contribution in [0.3, 0.4) is 0 Å². The summed E-state index contributed by atoms with van der Waals surface area (Å²) < 4.78 is 16.7. The Morgan fingerprint density at radius 3 is 1.03 bits per heavy atom. The lowest BCUT2D eigenvalue weighted by Gasteiger charge is -2.18. The van der Waals surface area contributed by atoms with E-state index in [4.69, 9.17) is 14.2 Å². The van der Waals surface area contributed by atoms with Gasteiger partial charge in [-0.15, -0.1) is 0 Å². The summed E-state index contributed by atoms with van der Waals surface area (Å²) in [5.74, 6) is -0.970. The molecule has 0 saturated heterocycles. The van der Waals surface area contributed by atoms with Crippen LogP contribution in [0.4, 0.5) is 0 Å². The average Bonchev–Trinajstić information content (AvgIpc) is 3.29. The van der Waals surface area contributed by atoms with Gasteiger partial charge in [0.05, 0.1) is 0 Å². The molecule has 0 aromatic carbocycles. The fourth-order valence-electron chi connectivity index (χ4n) is 6.58. The van der Waals surface area contributed by atoms with Crippen molar-refractivity contribution in [2.75, 3.05) is 13.2 Å². The predicted octanol–water partition coefficient (Wildman–Crippen LogP) is 17.1. The molecule has 6 heteroatoms. The molecule has 362 valence electrons. The molecule has 1 atom stereocenters. The van der Waals surface area contributed by atoms with Crippen molar-refractivity contribution in [3.8, 4) is 0 Å². The summed E-state index contributed by atoms with van der Waals surface area (Å²) in [5.41, 5.74) is 0. The standard InChI is InChI=1S/C58H94O6/c1-4-7-10-13-16-19-22-25-27-28-29-30-31-34-36-39-42-45-48-51-57(60)63-54-55(53-62-56(59)50-47-44-41-38-35-32-24-21-18-15-12-9-6-3)64-58(61)52-49-46-43-40-37-33-26-23-20-17-14-11-8-5-2/h7,10,12,14-17,19,21,23-27,29-30,34,36,55H,4-6,8-9,11,13,18,20,22,28,31-33,35,37-54H2,1-3H3/b10-7-,15-12-,17-14-,19-16-,24-21-,26-23-,27-25-,30-29-,36-34-. The number of carbonyl (C=O) groups is 3. The molecule has 0 aromatic rings. The van der Waals surface area contributed by atoms with Crippen molar-refractivity contribution < 1.29 is 28.6 Å². The van der Waals surface area contributed by atoms with E-state index in [0.29, 0.717) is 19.3 Å². The Morgan fingerprint density at radius 2 is 0.641 bits per heavy atom. The Morgan fingerprint density at radius 1 is 0.328 bits per heavy atom. The number of allylic oxidation sites excluding steroid dienone is 18. The van der Waals surface area contributed by atoms with Crippen LogP contribution in [0, 0.1) is 0 Å². The van der Waals surface area contributed by atoms with Gasteiger partial charge in [0.1, 0.15) is 13.2 Å². The van der Waals surface area contributed by atoms with Crippen molar-refractivity contribution in [1.29, 1.82) is 0 Å². The Hall–Kier alpha value is -3.93. The maximum atomic E-state index is 12.8. The van der Waals surface area contributed by atoms with E-state index in [1.54, 1.807) is 0 Å². The van der Waals surface area contributed by atoms with Gasteiger partial charge in [-0.1, -0.05) is 194 Å². The van der Waals surface area contributed by atoms with Gasteiger partial charge in [-0.3, -0.25) is 14.4 Å². The fourth-order valence-corrected chi connectivity index (χ4v) is 6.58. The third-order valence-electron chi connectivity index (χ3n) is 10.5. The Labute approximate surface area is 393 Å². The first-order chi connectivity index (χ1) is 31.5. The van der Waals surface area contributed by atoms with Crippen molar-refractivity contribution in [2.24, 2.45) is 0 Å². The first-order valence-corrected chi connectivity index (χ1v) is 25.9. The van der Waals surface area contributed by atoms with E-state index in [1.807, 2.05) is 0 Å². The van der Waals surface area contributed by atoms with Crippen molar-refractivity contribution in [1.82, 2.24) is 0 Å². The average molecular weight is 887 g/mol. The minimum atomic E-state index is -0.806. The Balaban J connectivity index is 4.49. The Kier molecular flexibility index (Phi) is 48.5. The number of hydrogen-bond donors (Lipinski definition) is 0. The number of carbonyl (C=O) groups excluding carboxylic acids is 3. The van der Waals surface area contributed by atoms with E-state index in [-0.39, 0.29) is 31.1 Å². The minimum absolute atomic E-state index is 0.104. The van der Waals surface area contributed by atoms with Crippen LogP contribution in [-0.2, 0) is 28.6 Å². The molecule has 0 rings (SSSR count). The van der Waals surface area contributed by atoms with Gasteiger partial charge in [0.2, 0.25) is 0 Å². The number of rotatable bonds is 45. The number of esters is 3. The molecule has 0 fully saturated rings. The summed E-state index contributed by atoms with van der Waals surface area (Å²) in [7, 11) is 0. The van der Waals surface area contributed by atoms with Crippen LogP contribution in [-0.4, -0.2) is 37.2 Å². The molecule has 0 spiro atoms. The monoisotopic (exact) mass is 887 g/mol. The highest BCUT2D eigenvalue weighted by molar-refractivity contribution is 5.71. The highest BCUT2D eigenvalue weighted by Gasteiger charge is 2.19. The van der Waals surface area contributed by atoms with Gasteiger partial charge in [-0.2, -0.15) is 0 Å². The van der Waals surface area contributed by atoms with E-state index < -0.39 is 6.10 Å². The molecule has 0 amide bonds. The predicted molar refractivity (Wildman–Crippen MR) is 274 cm³/mol. The quantitative estimate of drug-likeness (QED) is 0.0262. The lowest BCUT2D eigenvalue weighted by atomic mass is 10.1. The molecule has 0 aliphatic heterocycles. The largest absolute Gasteiger partial charge is 0.462 e. The fraction of sp³-hybridized carbons (Fsp3) is 0.638. The van der Waals surface area contributed by atoms with Gasteiger partial charge < -0.3 is 14.2 Å². The number of unbranched alkanes of at least 4 members (excludes halogenated alkanes) is 16. The van der Waals surface area contributed by atoms with Crippen molar-refractivity contribution in [3.05, 3.63) is 109 Å². The zero-order valence-electron chi connectivity index (χ0n) is 41.3. The van der Waals surface area contributed by atoms with Crippen LogP contribution in [0.2, 0.25) is 0 Å². The van der Waals surface area contributed by atoms with Crippen molar-refractivity contribution >= 4 is 17.9 Å². The molecule has 0 radical (unpaired) electrons. The van der Waals surface area contributed by atoms with E-state index in [0.717, 1.165) is 154 Å². The van der Waals surface area contributed by atoms with Crippen LogP contribution in [0.5, 0.6) is 0 Å². The number of hydrogen-bond acceptors (Lipinski definition) is 6. The molecule has 6 nitrogen and oxygen atoms in total. The van der Waals surface area contributed by atoms with Gasteiger partial charge in [0.25, 0.3) is 0 Å². The summed E-state index contributed by atoms with van der Waals surface area (Å²) in [5, 5.41) is 0. The summed E-state index contributed by atoms with van der Waals surface area (Å²) >= 11 is 0. The number of ether oxygens (including phenoxy) is 3. The minimum Gasteiger partial charge on any atom is -0.462 e. The van der Waals surface area contributed by atoms with Gasteiger partial charge in [-0.05, 0) is 116 Å². The normalized spacial score (nSPS) is 13.0. The maximum absolute atomic E-state index is 12.8. The van der Waals surface area contributed by atoms with E-state index in [9.17, 15) is 14.4 Å². The van der Waals surface area contributed by atoms with Gasteiger partial charge in [0.15, 0.2) is 6.10 Å². The topological polar surface area (TPSA) is 78.9 Å². The van der Waals surface area contributed by atoms with Crippen LogP contribution in [0.25, 0.3) is 0 Å². The molecule has 0 aromatic heterocycles. The summed E-state index contributed by atoms with van der Waals surface area (Å²) in [6.45, 7) is 6.35. The molecule has 1 unspecified atom stereocenters. The second kappa shape index (κ2) is 51.7. The molecule has 64 heavy (non-hydrogen) atoms. The summed E-state index contributed by atoms with van der Waals surface area (Å²) in [6.07, 6.45) is 69.2. The van der Waals surface area contributed by atoms with Crippen molar-refractivity contribution in [3.63, 3.8) is 0 Å².